The lowest BCUT2D eigenvalue weighted by Gasteiger charge is -2.25. The Balaban J connectivity index is 2.05. The van der Waals surface area contributed by atoms with Gasteiger partial charge in [-0.15, -0.1) is 0 Å². The molecule has 0 unspecified atom stereocenters. The fourth-order valence-corrected chi connectivity index (χ4v) is 3.91. The lowest BCUT2D eigenvalue weighted by atomic mass is 10.0. The summed E-state index contributed by atoms with van der Waals surface area (Å²) < 4.78 is 15.5. The Morgan fingerprint density at radius 1 is 1.11 bits per heavy atom. The first kappa shape index (κ1) is 19.0. The van der Waals surface area contributed by atoms with Gasteiger partial charge in [-0.1, -0.05) is 18.9 Å². The van der Waals surface area contributed by atoms with E-state index in [2.05, 4.69) is 0 Å². The van der Waals surface area contributed by atoms with Gasteiger partial charge in [0.15, 0.2) is 11.5 Å². The molecule has 0 atom stereocenters. The number of ether oxygens (including phenoxy) is 3. The van der Waals surface area contributed by atoms with Gasteiger partial charge in [-0.25, -0.2) is 4.79 Å². The average molecular weight is 371 g/mol. The van der Waals surface area contributed by atoms with E-state index >= 15 is 0 Å². The molecular formula is C21H25NO5. The summed E-state index contributed by atoms with van der Waals surface area (Å²) in [5.74, 6) is 0.526. The Labute approximate surface area is 159 Å². The quantitative estimate of drug-likeness (QED) is 0.587. The second-order valence-corrected chi connectivity index (χ2v) is 6.74. The molecule has 0 spiro atoms. The molecule has 1 amide bonds. The maximum absolute atomic E-state index is 13.2. The van der Waals surface area contributed by atoms with Crippen LogP contribution < -0.4 is 9.47 Å². The zero-order chi connectivity index (χ0) is 19.6. The molecule has 6 heteroatoms. The smallest absolute Gasteiger partial charge is 0.340 e. The molecule has 0 bridgehead atoms. The fourth-order valence-electron chi connectivity index (χ4n) is 3.91. The lowest BCUT2D eigenvalue weighted by molar-refractivity contribution is -0.136. The van der Waals surface area contributed by atoms with Gasteiger partial charge in [0, 0.05) is 11.7 Å². The Kier molecular flexibility index (Phi) is 5.54. The number of hydrogen-bond donors (Lipinski definition) is 0. The van der Waals surface area contributed by atoms with E-state index in [-0.39, 0.29) is 11.9 Å². The van der Waals surface area contributed by atoms with Crippen molar-refractivity contribution in [3.05, 3.63) is 40.6 Å². The highest BCUT2D eigenvalue weighted by Crippen LogP contribution is 2.38. The SMILES string of the molecule is COC(=O)C1=C(C)N(C2CCCC2)C(=O)/C1=C\c1ccc(OC)c(OC)c1. The highest BCUT2D eigenvalue weighted by atomic mass is 16.5. The number of carbonyl (C=O) groups excluding carboxylic acids is 2. The molecule has 2 aliphatic rings. The van der Waals surface area contributed by atoms with Crippen molar-refractivity contribution in [3.63, 3.8) is 0 Å². The van der Waals surface area contributed by atoms with Gasteiger partial charge in [0.05, 0.1) is 32.5 Å². The van der Waals surface area contributed by atoms with Gasteiger partial charge in [-0.3, -0.25) is 4.79 Å². The summed E-state index contributed by atoms with van der Waals surface area (Å²) >= 11 is 0. The maximum atomic E-state index is 13.2. The highest BCUT2D eigenvalue weighted by molar-refractivity contribution is 6.16. The molecule has 3 rings (SSSR count). The Morgan fingerprint density at radius 2 is 1.78 bits per heavy atom. The van der Waals surface area contributed by atoms with E-state index < -0.39 is 5.97 Å². The molecular weight excluding hydrogens is 346 g/mol. The minimum absolute atomic E-state index is 0.144. The van der Waals surface area contributed by atoms with Crippen molar-refractivity contribution in [2.75, 3.05) is 21.3 Å². The highest BCUT2D eigenvalue weighted by Gasteiger charge is 2.41. The Bertz CT molecular complexity index is 818. The van der Waals surface area contributed by atoms with Crippen LogP contribution in [0.4, 0.5) is 0 Å². The average Bonchev–Trinajstić information content (AvgIpc) is 3.28. The second kappa shape index (κ2) is 7.86. The van der Waals surface area contributed by atoms with Gasteiger partial charge in [0.2, 0.25) is 0 Å². The number of benzene rings is 1. The van der Waals surface area contributed by atoms with Crippen LogP contribution >= 0.6 is 0 Å². The van der Waals surface area contributed by atoms with Crippen molar-refractivity contribution in [2.24, 2.45) is 0 Å². The number of methoxy groups -OCH3 is 3. The minimum Gasteiger partial charge on any atom is -0.493 e. The van der Waals surface area contributed by atoms with E-state index in [1.165, 1.54) is 7.11 Å². The topological polar surface area (TPSA) is 65.1 Å². The number of rotatable bonds is 5. The molecule has 1 aliphatic carbocycles. The summed E-state index contributed by atoms with van der Waals surface area (Å²) in [7, 11) is 4.46. The zero-order valence-corrected chi connectivity index (χ0v) is 16.2. The number of allylic oxidation sites excluding steroid dienone is 1. The van der Waals surface area contributed by atoms with Gasteiger partial charge >= 0.3 is 5.97 Å². The van der Waals surface area contributed by atoms with Crippen molar-refractivity contribution in [1.29, 1.82) is 0 Å². The first-order valence-corrected chi connectivity index (χ1v) is 9.08. The molecule has 1 fully saturated rings. The predicted molar refractivity (Wildman–Crippen MR) is 101 cm³/mol. The zero-order valence-electron chi connectivity index (χ0n) is 16.2. The van der Waals surface area contributed by atoms with Gasteiger partial charge < -0.3 is 19.1 Å². The van der Waals surface area contributed by atoms with Gasteiger partial charge in [0.1, 0.15) is 0 Å². The van der Waals surface area contributed by atoms with Crippen LogP contribution in [0.5, 0.6) is 11.5 Å². The Hall–Kier alpha value is -2.76. The third-order valence-corrected chi connectivity index (χ3v) is 5.24. The summed E-state index contributed by atoms with van der Waals surface area (Å²) in [4.78, 5) is 27.3. The van der Waals surface area contributed by atoms with E-state index in [1.807, 2.05) is 13.0 Å². The standard InChI is InChI=1S/C21H25NO5/c1-13-19(21(24)27-4)16(20(23)22(13)15-7-5-6-8-15)11-14-9-10-17(25-2)18(12-14)26-3/h9-12,15H,5-8H2,1-4H3/b16-11-. The Morgan fingerprint density at radius 3 is 2.37 bits per heavy atom. The van der Waals surface area contributed by atoms with E-state index in [0.29, 0.717) is 28.3 Å². The summed E-state index contributed by atoms with van der Waals surface area (Å²) in [5.41, 5.74) is 2.12. The number of hydrogen-bond acceptors (Lipinski definition) is 5. The summed E-state index contributed by atoms with van der Waals surface area (Å²) in [6.45, 7) is 1.82. The third-order valence-electron chi connectivity index (χ3n) is 5.24. The fraction of sp³-hybridized carbons (Fsp3) is 0.429. The van der Waals surface area contributed by atoms with Gasteiger partial charge in [-0.05, 0) is 43.5 Å². The molecule has 1 heterocycles. The summed E-state index contributed by atoms with van der Waals surface area (Å²) in [6.07, 6.45) is 5.84. The molecule has 6 nitrogen and oxygen atoms in total. The molecule has 1 aliphatic heterocycles. The second-order valence-electron chi connectivity index (χ2n) is 6.74. The van der Waals surface area contributed by atoms with Gasteiger partial charge in [-0.2, -0.15) is 0 Å². The number of carbonyl (C=O) groups is 2. The van der Waals surface area contributed by atoms with Crippen molar-refractivity contribution < 1.29 is 23.8 Å². The van der Waals surface area contributed by atoms with E-state index in [1.54, 1.807) is 37.3 Å². The van der Waals surface area contributed by atoms with Crippen LogP contribution in [0.2, 0.25) is 0 Å². The molecule has 27 heavy (non-hydrogen) atoms. The van der Waals surface area contributed by atoms with Crippen LogP contribution in [0, 0.1) is 0 Å². The van der Waals surface area contributed by atoms with Gasteiger partial charge in [0.25, 0.3) is 5.91 Å². The van der Waals surface area contributed by atoms with E-state index in [9.17, 15) is 9.59 Å². The van der Waals surface area contributed by atoms with Crippen LogP contribution in [0.25, 0.3) is 6.08 Å². The van der Waals surface area contributed by atoms with Crippen molar-refractivity contribution in [3.8, 4) is 11.5 Å². The van der Waals surface area contributed by atoms with Crippen molar-refractivity contribution in [2.45, 2.75) is 38.6 Å². The predicted octanol–water partition coefficient (Wildman–Crippen LogP) is 3.32. The maximum Gasteiger partial charge on any atom is 0.340 e. The van der Waals surface area contributed by atoms with E-state index in [0.717, 1.165) is 31.2 Å². The summed E-state index contributed by atoms with van der Waals surface area (Å²) in [5, 5.41) is 0. The third kappa shape index (κ3) is 3.44. The molecule has 1 aromatic rings. The normalized spacial score (nSPS) is 19.2. The van der Waals surface area contributed by atoms with Crippen LogP contribution in [0.3, 0.4) is 0 Å². The summed E-state index contributed by atoms with van der Waals surface area (Å²) in [6, 6.07) is 5.52. The molecule has 0 N–H and O–H groups in total. The lowest BCUT2D eigenvalue weighted by Crippen LogP contribution is -2.34. The van der Waals surface area contributed by atoms with Crippen LogP contribution in [0.1, 0.15) is 38.2 Å². The molecule has 1 aromatic carbocycles. The monoisotopic (exact) mass is 371 g/mol. The minimum atomic E-state index is -0.493. The first-order chi connectivity index (χ1) is 13.0. The first-order valence-electron chi connectivity index (χ1n) is 9.08. The molecule has 1 saturated carbocycles. The van der Waals surface area contributed by atoms with Crippen LogP contribution in [-0.4, -0.2) is 44.1 Å². The van der Waals surface area contributed by atoms with E-state index in [4.69, 9.17) is 14.2 Å². The van der Waals surface area contributed by atoms with Crippen LogP contribution in [-0.2, 0) is 14.3 Å². The number of nitrogens with zero attached hydrogens (tertiary/aromatic N) is 1. The molecule has 0 saturated heterocycles. The van der Waals surface area contributed by atoms with Crippen molar-refractivity contribution >= 4 is 18.0 Å². The number of amides is 1. The number of esters is 1. The molecule has 0 radical (unpaired) electrons. The van der Waals surface area contributed by atoms with Crippen LogP contribution in [0.15, 0.2) is 35.0 Å². The molecule has 0 aromatic heterocycles. The largest absolute Gasteiger partial charge is 0.493 e. The van der Waals surface area contributed by atoms with Crippen molar-refractivity contribution in [1.82, 2.24) is 4.90 Å². The molecule has 144 valence electrons.